The third kappa shape index (κ3) is 36.9. The number of carbonyl (C=O) groups is 1. The number of aliphatic hydroxyl groups excluding tert-OH is 7. The Morgan fingerprint density at radius 3 is 1.06 bits per heavy atom. The Morgan fingerprint density at radius 1 is 0.443 bits per heavy atom. The highest BCUT2D eigenvalue weighted by Crippen LogP contribution is 2.24. The number of ether oxygens (including phenoxy) is 2. The van der Waals surface area contributed by atoms with Gasteiger partial charge in [0.2, 0.25) is 5.91 Å². The highest BCUT2D eigenvalue weighted by atomic mass is 16.7. The molecule has 70 heavy (non-hydrogen) atoms. The maximum absolute atomic E-state index is 13.2. The van der Waals surface area contributed by atoms with Gasteiger partial charge in [-0.05, 0) is 12.8 Å². The third-order valence-electron chi connectivity index (χ3n) is 15.2. The molecule has 0 spiro atoms. The van der Waals surface area contributed by atoms with E-state index in [-0.39, 0.29) is 6.42 Å². The van der Waals surface area contributed by atoms with E-state index in [1.54, 1.807) is 0 Å². The van der Waals surface area contributed by atoms with Gasteiger partial charge in [-0.25, -0.2) is 0 Å². The van der Waals surface area contributed by atoms with Crippen LogP contribution in [0.15, 0.2) is 0 Å². The van der Waals surface area contributed by atoms with Crippen molar-refractivity contribution >= 4 is 5.91 Å². The molecule has 11 nitrogen and oxygen atoms in total. The molecule has 8 N–H and O–H groups in total. The summed E-state index contributed by atoms with van der Waals surface area (Å²) in [5.41, 5.74) is 0. The molecule has 1 saturated heterocycles. The van der Waals surface area contributed by atoms with Gasteiger partial charge in [0.1, 0.15) is 36.6 Å². The Kier molecular flexibility index (Phi) is 47.0. The van der Waals surface area contributed by atoms with E-state index in [4.69, 9.17) is 9.47 Å². The maximum atomic E-state index is 13.2. The summed E-state index contributed by atoms with van der Waals surface area (Å²) in [6.45, 7) is 3.48. The Balaban J connectivity index is 2.16. The first-order valence-electron chi connectivity index (χ1n) is 30.4. The van der Waals surface area contributed by atoms with Crippen molar-refractivity contribution in [2.75, 3.05) is 13.2 Å². The standard InChI is InChI=1S/C59H117NO10/c1-3-5-7-9-11-13-15-17-18-19-20-21-22-23-24-25-26-27-28-29-30-31-32-33-34-35-37-39-41-43-45-47-52(63)58(68)60-50(49-69-59-57(67)56(66)55(65)53(48-61)70-59)54(64)51(62)46-44-42-40-38-36-16-14-12-10-8-6-4-2/h50-57,59,61-67H,3-49H2,1-2H3,(H,60,68). The Bertz CT molecular complexity index is 1100. The fraction of sp³-hybridized carbons (Fsp3) is 0.983. The van der Waals surface area contributed by atoms with Crippen LogP contribution < -0.4 is 5.32 Å². The van der Waals surface area contributed by atoms with Gasteiger partial charge in [0.25, 0.3) is 0 Å². The maximum Gasteiger partial charge on any atom is 0.249 e. The molecule has 418 valence electrons. The smallest absolute Gasteiger partial charge is 0.249 e. The van der Waals surface area contributed by atoms with Crippen molar-refractivity contribution in [3.8, 4) is 0 Å². The molecule has 0 saturated carbocycles. The molecule has 1 rings (SSSR count). The summed E-state index contributed by atoms with van der Waals surface area (Å²) >= 11 is 0. The summed E-state index contributed by atoms with van der Waals surface area (Å²) < 4.78 is 11.1. The van der Waals surface area contributed by atoms with E-state index in [1.165, 1.54) is 225 Å². The molecule has 9 atom stereocenters. The fourth-order valence-electron chi connectivity index (χ4n) is 10.2. The lowest BCUT2D eigenvalue weighted by molar-refractivity contribution is -0.303. The zero-order chi connectivity index (χ0) is 51.1. The van der Waals surface area contributed by atoms with E-state index in [1.807, 2.05) is 0 Å². The highest BCUT2D eigenvalue weighted by Gasteiger charge is 2.44. The quantitative estimate of drug-likeness (QED) is 0.0272. The minimum atomic E-state index is -1.66. The van der Waals surface area contributed by atoms with Crippen LogP contribution in [-0.2, 0) is 14.3 Å². The number of rotatable bonds is 53. The normalized spacial score (nSPS) is 20.2. The van der Waals surface area contributed by atoms with E-state index >= 15 is 0 Å². The van der Waals surface area contributed by atoms with E-state index in [9.17, 15) is 40.5 Å². The molecular formula is C59H117NO10. The predicted molar refractivity (Wildman–Crippen MR) is 289 cm³/mol. The van der Waals surface area contributed by atoms with E-state index in [0.717, 1.165) is 38.5 Å². The van der Waals surface area contributed by atoms with Crippen LogP contribution in [0.1, 0.15) is 303 Å². The molecule has 0 aliphatic carbocycles. The molecule has 1 aliphatic rings. The van der Waals surface area contributed by atoms with Crippen LogP contribution in [0.25, 0.3) is 0 Å². The van der Waals surface area contributed by atoms with Crippen molar-refractivity contribution in [1.29, 1.82) is 0 Å². The molecule has 1 amide bonds. The van der Waals surface area contributed by atoms with E-state index < -0.39 is 74.2 Å². The average Bonchev–Trinajstić information content (AvgIpc) is 3.36. The van der Waals surface area contributed by atoms with Crippen LogP contribution in [-0.4, -0.2) is 110 Å². The van der Waals surface area contributed by atoms with E-state index in [0.29, 0.717) is 19.3 Å². The van der Waals surface area contributed by atoms with Gasteiger partial charge in [0.15, 0.2) is 6.29 Å². The van der Waals surface area contributed by atoms with Crippen molar-refractivity contribution in [3.63, 3.8) is 0 Å². The topological polar surface area (TPSA) is 189 Å². The van der Waals surface area contributed by atoms with Crippen LogP contribution in [0.2, 0.25) is 0 Å². The van der Waals surface area contributed by atoms with Crippen molar-refractivity contribution in [2.45, 2.75) is 358 Å². The van der Waals surface area contributed by atoms with Gasteiger partial charge in [0, 0.05) is 0 Å². The third-order valence-corrected chi connectivity index (χ3v) is 15.2. The molecule has 9 unspecified atom stereocenters. The summed E-state index contributed by atoms with van der Waals surface area (Å²) in [6, 6.07) is -1.16. The summed E-state index contributed by atoms with van der Waals surface area (Å²) in [6.07, 6.45) is 44.7. The molecular weight excluding hydrogens is 883 g/mol. The average molecular weight is 1000 g/mol. The minimum Gasteiger partial charge on any atom is -0.394 e. The van der Waals surface area contributed by atoms with Crippen molar-refractivity contribution in [3.05, 3.63) is 0 Å². The van der Waals surface area contributed by atoms with Gasteiger partial charge < -0.3 is 50.5 Å². The number of aliphatic hydroxyl groups is 7. The molecule has 0 aromatic carbocycles. The van der Waals surface area contributed by atoms with Crippen LogP contribution >= 0.6 is 0 Å². The Morgan fingerprint density at radius 2 is 0.743 bits per heavy atom. The minimum absolute atomic E-state index is 0.267. The second-order valence-electron chi connectivity index (χ2n) is 21.8. The number of carbonyl (C=O) groups excluding carboxylic acids is 1. The zero-order valence-electron chi connectivity index (χ0n) is 45.8. The first-order valence-corrected chi connectivity index (χ1v) is 30.4. The lowest BCUT2D eigenvalue weighted by Gasteiger charge is -2.40. The lowest BCUT2D eigenvalue weighted by atomic mass is 9.98. The van der Waals surface area contributed by atoms with Gasteiger partial charge >= 0.3 is 0 Å². The van der Waals surface area contributed by atoms with Gasteiger partial charge in [0.05, 0.1) is 25.4 Å². The summed E-state index contributed by atoms with van der Waals surface area (Å²) in [4.78, 5) is 13.2. The Hall–Kier alpha value is -0.890. The first kappa shape index (κ1) is 67.1. The number of amides is 1. The van der Waals surface area contributed by atoms with Crippen LogP contribution in [0, 0.1) is 0 Å². The second-order valence-corrected chi connectivity index (χ2v) is 21.8. The zero-order valence-corrected chi connectivity index (χ0v) is 45.8. The van der Waals surface area contributed by atoms with Crippen molar-refractivity contribution < 1.29 is 50.0 Å². The van der Waals surface area contributed by atoms with Crippen molar-refractivity contribution in [2.24, 2.45) is 0 Å². The van der Waals surface area contributed by atoms with Gasteiger partial charge in [-0.15, -0.1) is 0 Å². The number of unbranched alkanes of at least 4 members (excludes halogenated alkanes) is 41. The van der Waals surface area contributed by atoms with E-state index in [2.05, 4.69) is 19.2 Å². The van der Waals surface area contributed by atoms with Crippen LogP contribution in [0.5, 0.6) is 0 Å². The second kappa shape index (κ2) is 49.0. The van der Waals surface area contributed by atoms with Crippen molar-refractivity contribution in [1.82, 2.24) is 5.32 Å². The SMILES string of the molecule is CCCCCCCCCCCCCCCCCCCCCCCCCCCCCCCCCC(O)C(=O)NC(COC1OC(CO)C(O)C(O)C1O)C(O)C(O)CCCCCCCCCCCCCC. The lowest BCUT2D eigenvalue weighted by Crippen LogP contribution is -2.60. The molecule has 0 bridgehead atoms. The van der Waals surface area contributed by atoms with Gasteiger partial charge in [-0.1, -0.05) is 290 Å². The molecule has 0 radical (unpaired) electrons. The number of nitrogens with one attached hydrogen (secondary N) is 1. The van der Waals surface area contributed by atoms with Gasteiger partial charge in [-0.3, -0.25) is 4.79 Å². The van der Waals surface area contributed by atoms with Crippen LogP contribution in [0.4, 0.5) is 0 Å². The molecule has 11 heteroatoms. The first-order chi connectivity index (χ1) is 34.2. The largest absolute Gasteiger partial charge is 0.394 e. The number of hydrogen-bond donors (Lipinski definition) is 8. The molecule has 0 aromatic heterocycles. The summed E-state index contributed by atoms with van der Waals surface area (Å²) in [5.74, 6) is -0.690. The highest BCUT2D eigenvalue weighted by molar-refractivity contribution is 5.80. The molecule has 1 aliphatic heterocycles. The van der Waals surface area contributed by atoms with Gasteiger partial charge in [-0.2, -0.15) is 0 Å². The number of hydrogen-bond acceptors (Lipinski definition) is 10. The van der Waals surface area contributed by atoms with Crippen LogP contribution in [0.3, 0.4) is 0 Å². The molecule has 0 aromatic rings. The Labute approximate surface area is 430 Å². The summed E-state index contributed by atoms with van der Waals surface area (Å²) in [5, 5.41) is 76.0. The molecule has 1 fully saturated rings. The predicted octanol–water partition coefficient (Wildman–Crippen LogP) is 13.0. The monoisotopic (exact) mass is 1000 g/mol. The fourth-order valence-corrected chi connectivity index (χ4v) is 10.2. The summed E-state index contributed by atoms with van der Waals surface area (Å²) in [7, 11) is 0. The molecule has 1 heterocycles.